The summed E-state index contributed by atoms with van der Waals surface area (Å²) >= 11 is 0. The van der Waals surface area contributed by atoms with Gasteiger partial charge >= 0.3 is 0 Å². The average molecular weight is 305 g/mol. The van der Waals surface area contributed by atoms with E-state index in [4.69, 9.17) is 0 Å². The van der Waals surface area contributed by atoms with Crippen LogP contribution in [0.25, 0.3) is 10.9 Å². The molecule has 1 aliphatic rings. The van der Waals surface area contributed by atoms with Crippen molar-refractivity contribution in [3.63, 3.8) is 0 Å². The Hall–Kier alpha value is -2.62. The number of carbonyl (C=O) groups is 1. The second-order valence-corrected chi connectivity index (χ2v) is 6.35. The summed E-state index contributed by atoms with van der Waals surface area (Å²) in [5, 5.41) is 1.20. The third-order valence-electron chi connectivity index (χ3n) is 4.58. The molecule has 0 radical (unpaired) electrons. The van der Waals surface area contributed by atoms with Gasteiger partial charge in [0.1, 0.15) is 0 Å². The Labute approximate surface area is 135 Å². The van der Waals surface area contributed by atoms with Gasteiger partial charge in [0, 0.05) is 36.4 Å². The van der Waals surface area contributed by atoms with E-state index in [0.717, 1.165) is 36.3 Å². The van der Waals surface area contributed by atoms with Crippen LogP contribution in [0.2, 0.25) is 0 Å². The van der Waals surface area contributed by atoms with Crippen molar-refractivity contribution >= 4 is 16.8 Å². The highest BCUT2D eigenvalue weighted by Gasteiger charge is 2.31. The van der Waals surface area contributed by atoms with Crippen LogP contribution in [0.5, 0.6) is 0 Å². The molecule has 1 N–H and O–H groups in total. The summed E-state index contributed by atoms with van der Waals surface area (Å²) in [6.07, 6.45) is 4.72. The van der Waals surface area contributed by atoms with Gasteiger partial charge in [-0.15, -0.1) is 0 Å². The number of aromatic amines is 1. The Balaban J connectivity index is 1.41. The molecule has 2 aromatic heterocycles. The van der Waals surface area contributed by atoms with Gasteiger partial charge in [0.15, 0.2) is 0 Å². The highest BCUT2D eigenvalue weighted by Crippen LogP contribution is 2.25. The maximum atomic E-state index is 12.4. The number of hydrogen-bond donors (Lipinski definition) is 1. The first-order chi connectivity index (χ1) is 11.2. The Morgan fingerprint density at radius 2 is 2.00 bits per heavy atom. The number of aryl methyl sites for hydroxylation is 1. The standard InChI is InChI=1S/C19H19N3O/c1-13-2-4-16(5-3-13)19(23)22-11-14(12-22)10-17-18-15(6-8-20-17)7-9-21-18/h2-9,14,21H,10-12H2,1H3. The second-order valence-electron chi connectivity index (χ2n) is 6.35. The first kappa shape index (κ1) is 14.0. The zero-order valence-corrected chi connectivity index (χ0v) is 13.1. The van der Waals surface area contributed by atoms with Crippen molar-refractivity contribution in [1.82, 2.24) is 14.9 Å². The third-order valence-corrected chi connectivity index (χ3v) is 4.58. The van der Waals surface area contributed by atoms with Gasteiger partial charge in [-0.25, -0.2) is 0 Å². The van der Waals surface area contributed by atoms with E-state index in [1.165, 1.54) is 10.9 Å². The van der Waals surface area contributed by atoms with Crippen LogP contribution in [-0.2, 0) is 6.42 Å². The Kier molecular flexibility index (Phi) is 3.37. The van der Waals surface area contributed by atoms with E-state index in [2.05, 4.69) is 16.0 Å². The molecule has 3 aromatic rings. The number of amides is 1. The van der Waals surface area contributed by atoms with Crippen LogP contribution in [0.4, 0.5) is 0 Å². The summed E-state index contributed by atoms with van der Waals surface area (Å²) in [5.74, 6) is 0.623. The van der Waals surface area contributed by atoms with E-state index in [9.17, 15) is 4.79 Å². The number of nitrogens with one attached hydrogen (secondary N) is 1. The van der Waals surface area contributed by atoms with Gasteiger partial charge in [0.2, 0.25) is 0 Å². The molecular weight excluding hydrogens is 286 g/mol. The van der Waals surface area contributed by atoms with E-state index in [0.29, 0.717) is 5.92 Å². The van der Waals surface area contributed by atoms with Crippen molar-refractivity contribution in [1.29, 1.82) is 0 Å². The Bertz CT molecular complexity index is 844. The smallest absolute Gasteiger partial charge is 0.253 e. The zero-order chi connectivity index (χ0) is 15.8. The molecule has 1 saturated heterocycles. The van der Waals surface area contributed by atoms with Crippen molar-refractivity contribution in [3.05, 3.63) is 65.6 Å². The first-order valence-corrected chi connectivity index (χ1v) is 7.97. The molecule has 0 unspecified atom stereocenters. The summed E-state index contributed by atoms with van der Waals surface area (Å²) < 4.78 is 0. The van der Waals surface area contributed by atoms with Gasteiger partial charge in [0.05, 0.1) is 11.2 Å². The van der Waals surface area contributed by atoms with E-state index in [1.54, 1.807) is 0 Å². The molecule has 1 aromatic carbocycles. The third kappa shape index (κ3) is 2.61. The van der Waals surface area contributed by atoms with Crippen LogP contribution in [0.3, 0.4) is 0 Å². The summed E-state index contributed by atoms with van der Waals surface area (Å²) in [4.78, 5) is 22.1. The van der Waals surface area contributed by atoms with E-state index in [1.807, 2.05) is 54.5 Å². The SMILES string of the molecule is Cc1ccc(C(=O)N2CC(Cc3nccc4cc[nH]c34)C2)cc1. The van der Waals surface area contributed by atoms with Gasteiger partial charge in [-0.05, 0) is 43.5 Å². The molecule has 0 aliphatic carbocycles. The number of pyridine rings is 1. The summed E-state index contributed by atoms with van der Waals surface area (Å²) in [7, 11) is 0. The van der Waals surface area contributed by atoms with Crippen molar-refractivity contribution in [2.45, 2.75) is 13.3 Å². The fraction of sp³-hybridized carbons (Fsp3) is 0.263. The highest BCUT2D eigenvalue weighted by atomic mass is 16.2. The van der Waals surface area contributed by atoms with Crippen LogP contribution in [0.1, 0.15) is 21.6 Å². The number of carbonyl (C=O) groups excluding carboxylic acids is 1. The van der Waals surface area contributed by atoms with Gasteiger partial charge < -0.3 is 9.88 Å². The molecule has 4 heteroatoms. The lowest BCUT2D eigenvalue weighted by Crippen LogP contribution is -2.50. The van der Waals surface area contributed by atoms with Crippen molar-refractivity contribution in [2.75, 3.05) is 13.1 Å². The molecule has 1 amide bonds. The van der Waals surface area contributed by atoms with Crippen LogP contribution in [0.15, 0.2) is 48.8 Å². The van der Waals surface area contributed by atoms with Crippen molar-refractivity contribution < 1.29 is 4.79 Å². The first-order valence-electron chi connectivity index (χ1n) is 7.97. The molecule has 1 aliphatic heterocycles. The molecule has 116 valence electrons. The second kappa shape index (κ2) is 5.54. The summed E-state index contributed by atoms with van der Waals surface area (Å²) in [5.41, 5.74) is 4.17. The minimum Gasteiger partial charge on any atom is -0.360 e. The molecular formula is C19H19N3O. The quantitative estimate of drug-likeness (QED) is 0.808. The number of likely N-dealkylation sites (tertiary alicyclic amines) is 1. The van der Waals surface area contributed by atoms with Gasteiger partial charge in [-0.1, -0.05) is 17.7 Å². The number of benzene rings is 1. The molecule has 23 heavy (non-hydrogen) atoms. The number of fused-ring (bicyclic) bond motifs is 1. The molecule has 0 atom stereocenters. The van der Waals surface area contributed by atoms with E-state index in [-0.39, 0.29) is 5.91 Å². The normalized spacial score (nSPS) is 14.9. The number of aromatic nitrogens is 2. The average Bonchev–Trinajstić information content (AvgIpc) is 3.00. The van der Waals surface area contributed by atoms with E-state index < -0.39 is 0 Å². The number of hydrogen-bond acceptors (Lipinski definition) is 2. The molecule has 4 nitrogen and oxygen atoms in total. The molecule has 0 saturated carbocycles. The van der Waals surface area contributed by atoms with Crippen LogP contribution >= 0.6 is 0 Å². The molecule has 0 bridgehead atoms. The van der Waals surface area contributed by atoms with Crippen molar-refractivity contribution in [2.24, 2.45) is 5.92 Å². The minimum atomic E-state index is 0.132. The highest BCUT2D eigenvalue weighted by molar-refractivity contribution is 5.94. The summed E-state index contributed by atoms with van der Waals surface area (Å²) in [6, 6.07) is 11.9. The fourth-order valence-electron chi connectivity index (χ4n) is 3.21. The maximum absolute atomic E-state index is 12.4. The summed E-state index contributed by atoms with van der Waals surface area (Å²) in [6.45, 7) is 3.65. The lowest BCUT2D eigenvalue weighted by Gasteiger charge is -2.39. The fourth-order valence-corrected chi connectivity index (χ4v) is 3.21. The maximum Gasteiger partial charge on any atom is 0.253 e. The van der Waals surface area contributed by atoms with Crippen LogP contribution in [0, 0.1) is 12.8 Å². The predicted molar refractivity (Wildman–Crippen MR) is 90.4 cm³/mol. The van der Waals surface area contributed by atoms with Gasteiger partial charge in [-0.2, -0.15) is 0 Å². The molecule has 3 heterocycles. The lowest BCUT2D eigenvalue weighted by molar-refractivity contribution is 0.0500. The largest absolute Gasteiger partial charge is 0.360 e. The Morgan fingerprint density at radius 3 is 2.78 bits per heavy atom. The molecule has 4 rings (SSSR count). The van der Waals surface area contributed by atoms with Crippen LogP contribution in [-0.4, -0.2) is 33.9 Å². The minimum absolute atomic E-state index is 0.132. The molecule has 1 fully saturated rings. The van der Waals surface area contributed by atoms with Crippen molar-refractivity contribution in [3.8, 4) is 0 Å². The topological polar surface area (TPSA) is 49.0 Å². The predicted octanol–water partition coefficient (Wildman–Crippen LogP) is 3.19. The van der Waals surface area contributed by atoms with E-state index >= 15 is 0 Å². The zero-order valence-electron chi connectivity index (χ0n) is 13.1. The number of rotatable bonds is 3. The van der Waals surface area contributed by atoms with Crippen LogP contribution < -0.4 is 0 Å². The monoisotopic (exact) mass is 305 g/mol. The number of H-pyrrole nitrogens is 1. The van der Waals surface area contributed by atoms with Gasteiger partial charge in [0.25, 0.3) is 5.91 Å². The molecule has 0 spiro atoms. The number of nitrogens with zero attached hydrogens (tertiary/aromatic N) is 2. The van der Waals surface area contributed by atoms with Gasteiger partial charge in [-0.3, -0.25) is 9.78 Å². The lowest BCUT2D eigenvalue weighted by atomic mass is 9.93. The Morgan fingerprint density at radius 1 is 1.22 bits per heavy atom.